The predicted molar refractivity (Wildman–Crippen MR) is 169 cm³/mol. The zero-order valence-corrected chi connectivity index (χ0v) is 26.8. The number of aliphatic hydroxyl groups is 1. The minimum absolute atomic E-state index is 0.0123. The van der Waals surface area contributed by atoms with Crippen molar-refractivity contribution in [2.45, 2.75) is 71.8 Å². The Morgan fingerprint density at radius 3 is 2.67 bits per heavy atom. The van der Waals surface area contributed by atoms with Crippen LogP contribution in [0.5, 0.6) is 0 Å². The number of hydrogen-bond acceptors (Lipinski definition) is 7. The van der Waals surface area contributed by atoms with Gasteiger partial charge in [0.1, 0.15) is 11.9 Å². The normalized spacial score (nSPS) is 23.7. The summed E-state index contributed by atoms with van der Waals surface area (Å²) < 4.78 is 15.2. The van der Waals surface area contributed by atoms with E-state index in [1.165, 1.54) is 16.1 Å². The van der Waals surface area contributed by atoms with Gasteiger partial charge in [0.25, 0.3) is 13.9 Å². The third-order valence-corrected chi connectivity index (χ3v) is 13.1. The van der Waals surface area contributed by atoms with E-state index in [9.17, 15) is 14.7 Å². The summed E-state index contributed by atoms with van der Waals surface area (Å²) in [6, 6.07) is 10.3. The molecule has 228 valence electrons. The molecule has 1 amide bonds. The molecule has 10 nitrogen and oxygen atoms in total. The van der Waals surface area contributed by atoms with Crippen LogP contribution >= 0.6 is 0 Å². The van der Waals surface area contributed by atoms with Crippen molar-refractivity contribution in [2.24, 2.45) is 11.8 Å². The second kappa shape index (κ2) is 11.4. The van der Waals surface area contributed by atoms with Gasteiger partial charge in [-0.1, -0.05) is 90.1 Å². The standard InChI is InChI=1S/C32H41N5O5Si/c1-20(2)28(39)36-30-35-26-27(33-19-34-29(26)40)37(30)32(7)17-24(38)25(42-32)18-41-43(31(4,5)6,22-13-9-8-10-14-22)23-15-11-12-21(3)16-23/h8-11,13-17,19-21,25,38H,12,18H2,1-7H3,(H,33,34,40)(H,35,36,39). The number of aliphatic hydroxyl groups excluding tert-OH is 1. The number of benzene rings is 1. The maximum atomic E-state index is 12.7. The number of aromatic nitrogens is 4. The van der Waals surface area contributed by atoms with E-state index in [4.69, 9.17) is 9.16 Å². The SMILES string of the molecule is CC1C=C([Si](OCC2OC(C)(n3c(NC(=O)C(C)C)nc4c(=O)[nH]cnc43)C=C2O)(c2ccccc2)C(C)(C)C)C=CC1. The Morgan fingerprint density at radius 1 is 1.30 bits per heavy atom. The molecule has 0 saturated carbocycles. The highest BCUT2D eigenvalue weighted by molar-refractivity contribution is 6.95. The van der Waals surface area contributed by atoms with Crippen LogP contribution in [0.3, 0.4) is 0 Å². The lowest BCUT2D eigenvalue weighted by molar-refractivity contribution is -0.119. The number of allylic oxidation sites excluding steroid dienone is 4. The van der Waals surface area contributed by atoms with Crippen molar-refractivity contribution in [3.63, 3.8) is 0 Å². The van der Waals surface area contributed by atoms with Gasteiger partial charge in [-0.15, -0.1) is 0 Å². The van der Waals surface area contributed by atoms with E-state index >= 15 is 0 Å². The molecule has 0 radical (unpaired) electrons. The second-order valence-electron chi connectivity index (χ2n) is 12.9. The van der Waals surface area contributed by atoms with Crippen molar-refractivity contribution < 1.29 is 19.1 Å². The summed E-state index contributed by atoms with van der Waals surface area (Å²) >= 11 is 0. The minimum atomic E-state index is -2.90. The summed E-state index contributed by atoms with van der Waals surface area (Å²) in [4.78, 5) is 36.6. The molecule has 5 rings (SSSR count). The van der Waals surface area contributed by atoms with Crippen LogP contribution in [-0.2, 0) is 19.7 Å². The Morgan fingerprint density at radius 2 is 2.02 bits per heavy atom. The number of amides is 1. The topological polar surface area (TPSA) is 131 Å². The number of carbonyl (C=O) groups excluding carboxylic acids is 1. The molecule has 0 fully saturated rings. The Kier molecular flexibility index (Phi) is 8.10. The van der Waals surface area contributed by atoms with Gasteiger partial charge >= 0.3 is 0 Å². The van der Waals surface area contributed by atoms with Gasteiger partial charge in [0.15, 0.2) is 16.9 Å². The number of anilines is 1. The number of imidazole rings is 1. The summed E-state index contributed by atoms with van der Waals surface area (Å²) in [5.74, 6) is -0.150. The fraction of sp³-hybridized carbons (Fsp3) is 0.438. The smallest absolute Gasteiger partial charge is 0.278 e. The van der Waals surface area contributed by atoms with Gasteiger partial charge in [-0.05, 0) is 34.7 Å². The lowest BCUT2D eigenvalue weighted by atomic mass is 10.0. The highest BCUT2D eigenvalue weighted by atomic mass is 28.4. The van der Waals surface area contributed by atoms with Crippen molar-refractivity contribution in [3.8, 4) is 0 Å². The number of H-pyrrole nitrogens is 1. The van der Waals surface area contributed by atoms with Crippen LogP contribution in [0.2, 0.25) is 5.04 Å². The van der Waals surface area contributed by atoms with Gasteiger partial charge in [-0.3, -0.25) is 19.5 Å². The first-order valence-electron chi connectivity index (χ1n) is 14.7. The van der Waals surface area contributed by atoms with Crippen molar-refractivity contribution in [1.82, 2.24) is 19.5 Å². The molecule has 1 aromatic carbocycles. The number of ether oxygens (including phenoxy) is 1. The molecule has 3 N–H and O–H groups in total. The lowest BCUT2D eigenvalue weighted by Crippen LogP contribution is -2.60. The van der Waals surface area contributed by atoms with Crippen molar-refractivity contribution in [1.29, 1.82) is 0 Å². The average molecular weight is 604 g/mol. The lowest BCUT2D eigenvalue weighted by Gasteiger charge is -2.45. The highest BCUT2D eigenvalue weighted by Gasteiger charge is 2.52. The number of fused-ring (bicyclic) bond motifs is 1. The molecule has 43 heavy (non-hydrogen) atoms. The number of nitrogens with one attached hydrogen (secondary N) is 2. The molecule has 1 aliphatic heterocycles. The Bertz CT molecular complexity index is 1670. The highest BCUT2D eigenvalue weighted by Crippen LogP contribution is 2.44. The Balaban J connectivity index is 1.53. The molecular formula is C32H41N5O5Si. The summed E-state index contributed by atoms with van der Waals surface area (Å²) in [6.07, 6.45) is 9.73. The molecule has 1 aliphatic carbocycles. The number of nitrogens with zero attached hydrogens (tertiary/aromatic N) is 3. The third kappa shape index (κ3) is 5.52. The first kappa shape index (κ1) is 30.6. The third-order valence-electron chi connectivity index (χ3n) is 8.14. The Labute approximate surface area is 252 Å². The van der Waals surface area contributed by atoms with E-state index in [2.05, 4.69) is 78.3 Å². The van der Waals surface area contributed by atoms with E-state index < -0.39 is 25.7 Å². The summed E-state index contributed by atoms with van der Waals surface area (Å²) in [5.41, 5.74) is -1.52. The largest absolute Gasteiger partial charge is 0.510 e. The fourth-order valence-corrected chi connectivity index (χ4v) is 10.8. The van der Waals surface area contributed by atoms with Crippen LogP contribution in [0.4, 0.5) is 5.95 Å². The van der Waals surface area contributed by atoms with Gasteiger partial charge in [0.05, 0.1) is 12.9 Å². The summed E-state index contributed by atoms with van der Waals surface area (Å²) in [5, 5.41) is 16.1. The van der Waals surface area contributed by atoms with Crippen LogP contribution in [0, 0.1) is 11.8 Å². The van der Waals surface area contributed by atoms with Crippen LogP contribution in [0.25, 0.3) is 11.2 Å². The van der Waals surface area contributed by atoms with E-state index in [0.29, 0.717) is 5.92 Å². The zero-order chi connectivity index (χ0) is 31.2. The quantitative estimate of drug-likeness (QED) is 0.310. The van der Waals surface area contributed by atoms with E-state index in [1.54, 1.807) is 26.8 Å². The summed E-state index contributed by atoms with van der Waals surface area (Å²) in [7, 11) is -2.90. The molecule has 2 aliphatic rings. The molecular weight excluding hydrogens is 562 g/mol. The monoisotopic (exact) mass is 603 g/mol. The summed E-state index contributed by atoms with van der Waals surface area (Å²) in [6.45, 7) is 14.2. The molecule has 0 spiro atoms. The van der Waals surface area contributed by atoms with Crippen LogP contribution < -0.4 is 16.1 Å². The first-order valence-corrected chi connectivity index (χ1v) is 16.6. The number of hydrogen-bond donors (Lipinski definition) is 3. The van der Waals surface area contributed by atoms with Crippen LogP contribution in [0.15, 0.2) is 76.7 Å². The molecule has 0 saturated heterocycles. The molecule has 2 aromatic heterocycles. The van der Waals surface area contributed by atoms with E-state index in [0.717, 1.165) is 11.6 Å². The predicted octanol–water partition coefficient (Wildman–Crippen LogP) is 4.96. The van der Waals surface area contributed by atoms with Gasteiger partial charge in [0, 0.05) is 12.0 Å². The van der Waals surface area contributed by atoms with E-state index in [-0.39, 0.29) is 46.3 Å². The van der Waals surface area contributed by atoms with Crippen LogP contribution in [-0.4, -0.2) is 51.6 Å². The Hall–Kier alpha value is -3.80. The molecule has 3 aromatic rings. The zero-order valence-electron chi connectivity index (χ0n) is 25.8. The van der Waals surface area contributed by atoms with Crippen molar-refractivity contribution in [3.05, 3.63) is 82.3 Å². The van der Waals surface area contributed by atoms with Crippen molar-refractivity contribution >= 4 is 36.5 Å². The average Bonchev–Trinajstić information content (AvgIpc) is 3.46. The number of rotatable bonds is 8. The molecule has 11 heteroatoms. The maximum Gasteiger partial charge on any atom is 0.278 e. The van der Waals surface area contributed by atoms with Gasteiger partial charge in [-0.2, -0.15) is 0 Å². The van der Waals surface area contributed by atoms with Gasteiger partial charge in [0.2, 0.25) is 11.9 Å². The minimum Gasteiger partial charge on any atom is -0.510 e. The maximum absolute atomic E-state index is 12.7. The first-order chi connectivity index (χ1) is 20.3. The molecule has 3 heterocycles. The van der Waals surface area contributed by atoms with E-state index in [1.807, 2.05) is 18.2 Å². The molecule has 4 atom stereocenters. The van der Waals surface area contributed by atoms with Gasteiger partial charge in [-0.25, -0.2) is 9.97 Å². The molecule has 0 bridgehead atoms. The number of aromatic amines is 1. The van der Waals surface area contributed by atoms with Crippen molar-refractivity contribution in [2.75, 3.05) is 11.9 Å². The van der Waals surface area contributed by atoms with Gasteiger partial charge < -0.3 is 19.3 Å². The fourth-order valence-electron chi connectivity index (χ4n) is 6.01. The number of carbonyl (C=O) groups is 1. The van der Waals surface area contributed by atoms with Crippen LogP contribution in [0.1, 0.15) is 54.9 Å². The second-order valence-corrected chi connectivity index (χ2v) is 17.2. The molecule has 4 unspecified atom stereocenters.